The van der Waals surface area contributed by atoms with E-state index in [1.165, 1.54) is 19.3 Å². The van der Waals surface area contributed by atoms with Crippen LogP contribution in [0.5, 0.6) is 0 Å². The van der Waals surface area contributed by atoms with Crippen LogP contribution in [0.1, 0.15) is 102 Å². The van der Waals surface area contributed by atoms with Crippen molar-refractivity contribution in [3.63, 3.8) is 0 Å². The molecule has 0 fully saturated rings. The number of rotatable bonds is 0. The molecule has 2 rings (SSSR count). The third-order valence-corrected chi connectivity index (χ3v) is 5.44. The van der Waals surface area contributed by atoms with Gasteiger partial charge in [0.1, 0.15) is 0 Å². The summed E-state index contributed by atoms with van der Waals surface area (Å²) >= 11 is 0. The maximum absolute atomic E-state index is 10.0. The first-order chi connectivity index (χ1) is 14.5. The number of hydrogen-bond donors (Lipinski definition) is 3. The first kappa shape index (κ1) is 37.0. The normalized spacial score (nSPS) is 17.2. The smallest absolute Gasteiger partial charge is 0.308 e. The molecule has 1 atom stereocenters. The van der Waals surface area contributed by atoms with E-state index in [1.54, 1.807) is 84.6 Å². The molecule has 0 aromatic heterocycles. The first-order valence-electron chi connectivity index (χ1n) is 11.5. The molecule has 6 nitrogen and oxygen atoms in total. The van der Waals surface area contributed by atoms with E-state index in [9.17, 15) is 14.4 Å². The van der Waals surface area contributed by atoms with Gasteiger partial charge in [0.2, 0.25) is 0 Å². The van der Waals surface area contributed by atoms with Crippen molar-refractivity contribution in [2.45, 2.75) is 102 Å². The minimum absolute atomic E-state index is 0. The Hall–Kier alpha value is -1.53. The van der Waals surface area contributed by atoms with E-state index < -0.39 is 34.2 Å². The average Bonchev–Trinajstić information content (AvgIpc) is 2.86. The van der Waals surface area contributed by atoms with Gasteiger partial charge < -0.3 is 15.3 Å². The molecule has 1 unspecified atom stereocenters. The summed E-state index contributed by atoms with van der Waals surface area (Å²) in [6.07, 6.45) is 6.42. The van der Waals surface area contributed by atoms with Crippen molar-refractivity contribution in [3.05, 3.63) is 28.7 Å². The van der Waals surface area contributed by atoms with Gasteiger partial charge >= 0.3 is 17.9 Å². The van der Waals surface area contributed by atoms with Crippen LogP contribution in [0.15, 0.2) is 22.3 Å². The molecular formula is C27H47O6Ti-. The monoisotopic (exact) mass is 515 g/mol. The van der Waals surface area contributed by atoms with Crippen molar-refractivity contribution in [2.24, 2.45) is 22.2 Å². The molecule has 7 heteroatoms. The van der Waals surface area contributed by atoms with Crippen LogP contribution in [0.3, 0.4) is 0 Å². The predicted molar refractivity (Wildman–Crippen MR) is 134 cm³/mol. The molecule has 0 heterocycles. The summed E-state index contributed by atoms with van der Waals surface area (Å²) in [5.74, 6) is -1.54. The summed E-state index contributed by atoms with van der Waals surface area (Å²) < 4.78 is 0. The van der Waals surface area contributed by atoms with E-state index in [0.29, 0.717) is 0 Å². The van der Waals surface area contributed by atoms with Crippen molar-refractivity contribution in [3.8, 4) is 0 Å². The number of hydrogen-bond acceptors (Lipinski definition) is 3. The van der Waals surface area contributed by atoms with Crippen LogP contribution < -0.4 is 0 Å². The predicted octanol–water partition coefficient (Wildman–Crippen LogP) is 7.01. The Morgan fingerprint density at radius 1 is 0.765 bits per heavy atom. The molecule has 0 saturated heterocycles. The number of carboxylic acids is 3. The molecule has 0 aliphatic heterocycles. The Morgan fingerprint density at radius 3 is 1.29 bits per heavy atom. The second-order valence-electron chi connectivity index (χ2n) is 11.7. The SMILES string of the molecule is CC(C)(C)C(=O)O.CC(C)(C)C(=O)O.CC(C)(C)C(=O)O.CC1=C(C)C(C)C2=C1[CH-]CCC2.[Ti]. The van der Waals surface area contributed by atoms with E-state index in [2.05, 4.69) is 27.2 Å². The van der Waals surface area contributed by atoms with Gasteiger partial charge in [0.15, 0.2) is 0 Å². The van der Waals surface area contributed by atoms with Gasteiger partial charge in [0.05, 0.1) is 16.2 Å². The molecule has 2 aliphatic rings. The average molecular weight is 516 g/mol. The number of allylic oxidation sites excluding steroid dienone is 4. The second kappa shape index (κ2) is 14.8. The van der Waals surface area contributed by atoms with Gasteiger partial charge in [-0.05, 0) is 62.3 Å². The molecule has 34 heavy (non-hydrogen) atoms. The van der Waals surface area contributed by atoms with E-state index >= 15 is 0 Å². The number of carbonyl (C=O) groups is 3. The zero-order chi connectivity index (χ0) is 26.9. The van der Waals surface area contributed by atoms with Crippen LogP contribution in [0.4, 0.5) is 0 Å². The molecule has 196 valence electrons. The number of carboxylic acid groups (broad SMARTS) is 3. The van der Waals surface area contributed by atoms with Gasteiger partial charge in [-0.3, -0.25) is 14.4 Å². The Morgan fingerprint density at radius 2 is 1.06 bits per heavy atom. The maximum Gasteiger partial charge on any atom is 0.308 e. The molecule has 0 saturated carbocycles. The first-order valence-corrected chi connectivity index (χ1v) is 11.5. The van der Waals surface area contributed by atoms with Gasteiger partial charge in [0, 0.05) is 21.7 Å². The zero-order valence-corrected chi connectivity index (χ0v) is 24.9. The quantitative estimate of drug-likeness (QED) is 0.236. The summed E-state index contributed by atoms with van der Waals surface area (Å²) in [6, 6.07) is 0. The van der Waals surface area contributed by atoms with Crippen LogP contribution in [-0.4, -0.2) is 33.2 Å². The Balaban J connectivity index is -0.000000390. The Bertz CT molecular complexity index is 698. The molecule has 2 aliphatic carbocycles. The molecule has 0 spiro atoms. The minimum atomic E-state index is -0.757. The molecule has 0 amide bonds. The summed E-state index contributed by atoms with van der Waals surface area (Å²) in [6.45, 7) is 21.9. The maximum atomic E-state index is 10.0. The third-order valence-electron chi connectivity index (χ3n) is 5.44. The molecule has 3 N–H and O–H groups in total. The fourth-order valence-electron chi connectivity index (χ4n) is 2.45. The van der Waals surface area contributed by atoms with Crippen molar-refractivity contribution in [1.29, 1.82) is 0 Å². The molecule has 0 aromatic carbocycles. The molecule has 0 aromatic rings. The van der Waals surface area contributed by atoms with E-state index in [4.69, 9.17) is 15.3 Å². The molecular weight excluding hydrogens is 468 g/mol. The standard InChI is InChI=1S/C12H17.3C5H10O2.Ti/c1-8-9(2)11-6-4-5-7-12(11)10(8)3;3*1-5(2,3)4(6)7;/h6,10H,4-5,7H2,1-3H3;3*1-3H3,(H,6,7);/q-1;;;;. The van der Waals surface area contributed by atoms with Crippen molar-refractivity contribution in [2.75, 3.05) is 0 Å². The topological polar surface area (TPSA) is 112 Å². The van der Waals surface area contributed by atoms with Gasteiger partial charge in [0.25, 0.3) is 0 Å². The van der Waals surface area contributed by atoms with Crippen LogP contribution in [-0.2, 0) is 36.1 Å². The fraction of sp³-hybridized carbons (Fsp3) is 0.704. The van der Waals surface area contributed by atoms with E-state index in [1.807, 2.05) is 0 Å². The third kappa shape index (κ3) is 14.0. The summed E-state index contributed by atoms with van der Waals surface area (Å²) in [4.78, 5) is 30.1. The molecule has 0 bridgehead atoms. The van der Waals surface area contributed by atoms with Crippen LogP contribution >= 0.6 is 0 Å². The van der Waals surface area contributed by atoms with E-state index in [0.717, 1.165) is 5.92 Å². The van der Waals surface area contributed by atoms with Crippen molar-refractivity contribution >= 4 is 17.9 Å². The van der Waals surface area contributed by atoms with Gasteiger partial charge in [-0.2, -0.15) is 23.1 Å². The number of aliphatic carboxylic acids is 3. The van der Waals surface area contributed by atoms with E-state index in [-0.39, 0.29) is 21.7 Å². The van der Waals surface area contributed by atoms with Gasteiger partial charge in [-0.25, -0.2) is 0 Å². The van der Waals surface area contributed by atoms with Gasteiger partial charge in [-0.15, -0.1) is 5.57 Å². The van der Waals surface area contributed by atoms with Gasteiger partial charge in [-0.1, -0.05) is 46.0 Å². The Kier molecular flexibility index (Phi) is 16.1. The fourth-order valence-corrected chi connectivity index (χ4v) is 2.45. The van der Waals surface area contributed by atoms with Crippen LogP contribution in [0.25, 0.3) is 0 Å². The van der Waals surface area contributed by atoms with Crippen molar-refractivity contribution < 1.29 is 51.4 Å². The largest absolute Gasteiger partial charge is 0.481 e. The molecule has 0 radical (unpaired) electrons. The summed E-state index contributed by atoms with van der Waals surface area (Å²) in [5.41, 5.74) is 4.69. The summed E-state index contributed by atoms with van der Waals surface area (Å²) in [5, 5.41) is 24.8. The Labute approximate surface area is 222 Å². The van der Waals surface area contributed by atoms with Crippen LogP contribution in [0.2, 0.25) is 0 Å². The van der Waals surface area contributed by atoms with Crippen molar-refractivity contribution in [1.82, 2.24) is 0 Å². The van der Waals surface area contributed by atoms with Crippen LogP contribution in [0, 0.1) is 28.6 Å². The zero-order valence-electron chi connectivity index (χ0n) is 23.3. The second-order valence-corrected chi connectivity index (χ2v) is 11.7. The summed E-state index contributed by atoms with van der Waals surface area (Å²) in [7, 11) is 0. The minimum Gasteiger partial charge on any atom is -0.481 e.